The molecule has 2 aromatic rings. The number of nitrogens with one attached hydrogen (secondary N) is 1. The standard InChI is InChI=1S/C16H19NO3/c1-19-16(18)15(13-6-3-2-4-7-13)12-17-10-9-14-8-5-11-20-14/h2-8,11,15,17H,9-10,12H2,1H3. The molecule has 0 saturated heterocycles. The Kier molecular flexibility index (Phi) is 5.38. The van der Waals surface area contributed by atoms with E-state index in [1.165, 1.54) is 7.11 Å². The Morgan fingerprint density at radius 3 is 2.70 bits per heavy atom. The highest BCUT2D eigenvalue weighted by molar-refractivity contribution is 5.78. The van der Waals surface area contributed by atoms with Gasteiger partial charge >= 0.3 is 5.97 Å². The fraction of sp³-hybridized carbons (Fsp3) is 0.312. The zero-order chi connectivity index (χ0) is 14.2. The number of hydrogen-bond donors (Lipinski definition) is 1. The Morgan fingerprint density at radius 1 is 1.25 bits per heavy atom. The van der Waals surface area contributed by atoms with Crippen molar-refractivity contribution >= 4 is 5.97 Å². The number of carbonyl (C=O) groups excluding carboxylic acids is 1. The summed E-state index contributed by atoms with van der Waals surface area (Å²) in [5.41, 5.74) is 0.963. The Bertz CT molecular complexity index is 508. The summed E-state index contributed by atoms with van der Waals surface area (Å²) in [5.74, 6) is 0.436. The van der Waals surface area contributed by atoms with Gasteiger partial charge in [0.1, 0.15) is 5.76 Å². The van der Waals surface area contributed by atoms with Crippen LogP contribution in [0.5, 0.6) is 0 Å². The summed E-state index contributed by atoms with van der Waals surface area (Å²) in [6.07, 6.45) is 2.46. The molecule has 2 rings (SSSR count). The van der Waals surface area contributed by atoms with Gasteiger partial charge < -0.3 is 14.5 Å². The van der Waals surface area contributed by atoms with E-state index >= 15 is 0 Å². The van der Waals surface area contributed by atoms with Crippen molar-refractivity contribution in [2.75, 3.05) is 20.2 Å². The van der Waals surface area contributed by atoms with Gasteiger partial charge in [0, 0.05) is 19.5 Å². The molecule has 1 atom stereocenters. The maximum Gasteiger partial charge on any atom is 0.314 e. The molecule has 0 aliphatic heterocycles. The molecule has 0 radical (unpaired) electrons. The molecule has 106 valence electrons. The molecule has 0 bridgehead atoms. The molecule has 0 aliphatic rings. The molecule has 0 amide bonds. The summed E-state index contributed by atoms with van der Waals surface area (Å²) >= 11 is 0. The van der Waals surface area contributed by atoms with Gasteiger partial charge in [-0.25, -0.2) is 0 Å². The molecule has 20 heavy (non-hydrogen) atoms. The first kappa shape index (κ1) is 14.3. The number of ether oxygens (including phenoxy) is 1. The number of hydrogen-bond acceptors (Lipinski definition) is 4. The molecule has 4 heteroatoms. The highest BCUT2D eigenvalue weighted by Gasteiger charge is 2.20. The molecule has 1 aromatic heterocycles. The summed E-state index contributed by atoms with van der Waals surface area (Å²) < 4.78 is 10.1. The largest absolute Gasteiger partial charge is 0.469 e. The number of esters is 1. The van der Waals surface area contributed by atoms with Gasteiger partial charge in [0.05, 0.1) is 19.3 Å². The van der Waals surface area contributed by atoms with E-state index in [9.17, 15) is 4.79 Å². The first-order valence-electron chi connectivity index (χ1n) is 6.67. The number of rotatable bonds is 7. The van der Waals surface area contributed by atoms with E-state index in [-0.39, 0.29) is 11.9 Å². The van der Waals surface area contributed by atoms with Crippen LogP contribution in [0.15, 0.2) is 53.1 Å². The Morgan fingerprint density at radius 2 is 2.05 bits per heavy atom. The van der Waals surface area contributed by atoms with Crippen LogP contribution in [-0.2, 0) is 16.0 Å². The minimum atomic E-state index is -0.280. The zero-order valence-corrected chi connectivity index (χ0v) is 11.5. The van der Waals surface area contributed by atoms with Crippen LogP contribution >= 0.6 is 0 Å². The minimum absolute atomic E-state index is 0.221. The molecule has 4 nitrogen and oxygen atoms in total. The van der Waals surface area contributed by atoms with Gasteiger partial charge in [-0.05, 0) is 17.7 Å². The Hall–Kier alpha value is -2.07. The van der Waals surface area contributed by atoms with Crippen LogP contribution < -0.4 is 5.32 Å². The lowest BCUT2D eigenvalue weighted by Gasteiger charge is -2.15. The second kappa shape index (κ2) is 7.50. The van der Waals surface area contributed by atoms with Crippen LogP contribution in [0, 0.1) is 0 Å². The third-order valence-electron chi connectivity index (χ3n) is 3.16. The molecule has 0 aliphatic carbocycles. The van der Waals surface area contributed by atoms with Crippen molar-refractivity contribution < 1.29 is 13.9 Å². The Labute approximate surface area is 118 Å². The quantitative estimate of drug-likeness (QED) is 0.621. The summed E-state index contributed by atoms with van der Waals surface area (Å²) in [6, 6.07) is 13.5. The third kappa shape index (κ3) is 3.96. The fourth-order valence-corrected chi connectivity index (χ4v) is 2.08. The molecule has 0 saturated carbocycles. The molecular weight excluding hydrogens is 254 g/mol. The fourth-order valence-electron chi connectivity index (χ4n) is 2.08. The monoisotopic (exact) mass is 273 g/mol. The lowest BCUT2D eigenvalue weighted by Crippen LogP contribution is -2.29. The first-order chi connectivity index (χ1) is 9.81. The predicted octanol–water partition coefficient (Wildman–Crippen LogP) is 2.37. The molecular formula is C16H19NO3. The van der Waals surface area contributed by atoms with E-state index in [0.29, 0.717) is 6.54 Å². The Balaban J connectivity index is 1.87. The smallest absolute Gasteiger partial charge is 0.314 e. The summed E-state index contributed by atoms with van der Waals surface area (Å²) in [5, 5.41) is 3.28. The van der Waals surface area contributed by atoms with Gasteiger partial charge in [-0.1, -0.05) is 30.3 Å². The van der Waals surface area contributed by atoms with Gasteiger partial charge in [-0.3, -0.25) is 4.79 Å². The topological polar surface area (TPSA) is 51.5 Å². The van der Waals surface area contributed by atoms with E-state index in [1.54, 1.807) is 6.26 Å². The summed E-state index contributed by atoms with van der Waals surface area (Å²) in [6.45, 7) is 1.31. The molecule has 1 aromatic carbocycles. The predicted molar refractivity (Wildman–Crippen MR) is 76.5 cm³/mol. The van der Waals surface area contributed by atoms with Gasteiger partial charge in [0.25, 0.3) is 0 Å². The summed E-state index contributed by atoms with van der Waals surface area (Å²) in [7, 11) is 1.42. The van der Waals surface area contributed by atoms with Crippen LogP contribution in [0.4, 0.5) is 0 Å². The first-order valence-corrected chi connectivity index (χ1v) is 6.67. The lowest BCUT2D eigenvalue weighted by atomic mass is 9.99. The molecule has 1 unspecified atom stereocenters. The van der Waals surface area contributed by atoms with Gasteiger partial charge in [-0.2, -0.15) is 0 Å². The average molecular weight is 273 g/mol. The maximum absolute atomic E-state index is 11.9. The van der Waals surface area contributed by atoms with Crippen molar-refractivity contribution in [2.24, 2.45) is 0 Å². The van der Waals surface area contributed by atoms with E-state index < -0.39 is 0 Å². The molecule has 0 spiro atoms. The molecule has 1 N–H and O–H groups in total. The number of furan rings is 1. The van der Waals surface area contributed by atoms with Crippen LogP contribution in [0.2, 0.25) is 0 Å². The van der Waals surface area contributed by atoms with E-state index in [2.05, 4.69) is 5.32 Å². The van der Waals surface area contributed by atoms with Crippen molar-refractivity contribution in [3.63, 3.8) is 0 Å². The maximum atomic E-state index is 11.9. The SMILES string of the molecule is COC(=O)C(CNCCc1ccco1)c1ccccc1. The van der Waals surface area contributed by atoms with Crippen molar-refractivity contribution in [1.82, 2.24) is 5.32 Å². The highest BCUT2D eigenvalue weighted by Crippen LogP contribution is 2.16. The van der Waals surface area contributed by atoms with Crippen molar-refractivity contribution in [1.29, 1.82) is 0 Å². The third-order valence-corrected chi connectivity index (χ3v) is 3.16. The van der Waals surface area contributed by atoms with Crippen LogP contribution in [0.3, 0.4) is 0 Å². The van der Waals surface area contributed by atoms with E-state index in [1.807, 2.05) is 42.5 Å². The number of methoxy groups -OCH3 is 1. The van der Waals surface area contributed by atoms with Crippen molar-refractivity contribution in [2.45, 2.75) is 12.3 Å². The van der Waals surface area contributed by atoms with E-state index in [0.717, 1.165) is 24.3 Å². The van der Waals surface area contributed by atoms with Crippen molar-refractivity contribution in [3.8, 4) is 0 Å². The second-order valence-electron chi connectivity index (χ2n) is 4.52. The van der Waals surface area contributed by atoms with Crippen LogP contribution in [-0.4, -0.2) is 26.2 Å². The minimum Gasteiger partial charge on any atom is -0.469 e. The molecule has 1 heterocycles. The van der Waals surface area contributed by atoms with Gasteiger partial charge in [0.2, 0.25) is 0 Å². The van der Waals surface area contributed by atoms with Gasteiger partial charge in [0.15, 0.2) is 0 Å². The number of benzene rings is 1. The summed E-state index contributed by atoms with van der Waals surface area (Å²) in [4.78, 5) is 11.9. The molecule has 0 fully saturated rings. The van der Waals surface area contributed by atoms with Crippen molar-refractivity contribution in [3.05, 3.63) is 60.1 Å². The normalized spacial score (nSPS) is 12.1. The van der Waals surface area contributed by atoms with E-state index in [4.69, 9.17) is 9.15 Å². The number of carbonyl (C=O) groups is 1. The second-order valence-corrected chi connectivity index (χ2v) is 4.52. The zero-order valence-electron chi connectivity index (χ0n) is 11.5. The van der Waals surface area contributed by atoms with Crippen LogP contribution in [0.1, 0.15) is 17.2 Å². The highest BCUT2D eigenvalue weighted by atomic mass is 16.5. The van der Waals surface area contributed by atoms with Crippen LogP contribution in [0.25, 0.3) is 0 Å². The van der Waals surface area contributed by atoms with Gasteiger partial charge in [-0.15, -0.1) is 0 Å². The lowest BCUT2D eigenvalue weighted by molar-refractivity contribution is -0.142. The average Bonchev–Trinajstić information content (AvgIpc) is 3.01.